The molecule has 0 unspecified atom stereocenters. The molecule has 6 heteroatoms. The van der Waals surface area contributed by atoms with Crippen molar-refractivity contribution in [3.8, 4) is 5.75 Å². The van der Waals surface area contributed by atoms with E-state index < -0.39 is 5.97 Å². The summed E-state index contributed by atoms with van der Waals surface area (Å²) in [4.78, 5) is 24.0. The standard InChI is InChI=1S/C21H26N2O4/c1-4-26-20(24)17-11-5-6-12-18(17)23-21(25)22-13-8-14-27-19-15(2)9-7-10-16(19)3/h5-7,9-12H,4,8,13-14H2,1-3H3,(H2,22,23,25). The molecule has 0 aliphatic rings. The molecule has 0 radical (unpaired) electrons. The van der Waals surface area contributed by atoms with E-state index in [1.165, 1.54) is 0 Å². The molecule has 0 saturated carbocycles. The van der Waals surface area contributed by atoms with Crippen LogP contribution in [-0.4, -0.2) is 31.8 Å². The van der Waals surface area contributed by atoms with Gasteiger partial charge in [0.05, 0.1) is 24.5 Å². The predicted octanol–water partition coefficient (Wildman–Crippen LogP) is 4.07. The highest BCUT2D eigenvalue weighted by Crippen LogP contribution is 2.22. The summed E-state index contributed by atoms with van der Waals surface area (Å²) >= 11 is 0. The lowest BCUT2D eigenvalue weighted by atomic mass is 10.1. The fourth-order valence-corrected chi connectivity index (χ4v) is 2.62. The summed E-state index contributed by atoms with van der Waals surface area (Å²) in [5, 5.41) is 5.45. The summed E-state index contributed by atoms with van der Waals surface area (Å²) in [5.41, 5.74) is 2.93. The number of carbonyl (C=O) groups excluding carboxylic acids is 2. The first-order chi connectivity index (χ1) is 13.0. The molecule has 0 saturated heterocycles. The maximum absolute atomic E-state index is 12.1. The third kappa shape index (κ3) is 6.02. The van der Waals surface area contributed by atoms with Crippen LogP contribution in [-0.2, 0) is 4.74 Å². The van der Waals surface area contributed by atoms with Crippen LogP contribution in [0.4, 0.5) is 10.5 Å². The van der Waals surface area contributed by atoms with Crippen LogP contribution in [0, 0.1) is 13.8 Å². The van der Waals surface area contributed by atoms with Gasteiger partial charge >= 0.3 is 12.0 Å². The Labute approximate surface area is 159 Å². The van der Waals surface area contributed by atoms with Crippen molar-refractivity contribution in [1.29, 1.82) is 0 Å². The van der Waals surface area contributed by atoms with Gasteiger partial charge in [-0.25, -0.2) is 9.59 Å². The fraction of sp³-hybridized carbons (Fsp3) is 0.333. The summed E-state index contributed by atoms with van der Waals surface area (Å²) in [6, 6.07) is 12.4. The lowest BCUT2D eigenvalue weighted by Gasteiger charge is -2.13. The highest BCUT2D eigenvalue weighted by molar-refractivity contribution is 6.00. The molecule has 0 fully saturated rings. The van der Waals surface area contributed by atoms with Crippen molar-refractivity contribution in [3.05, 3.63) is 59.2 Å². The van der Waals surface area contributed by atoms with Crippen LogP contribution in [0.1, 0.15) is 34.8 Å². The Morgan fingerprint density at radius 1 is 1.00 bits per heavy atom. The van der Waals surface area contributed by atoms with Gasteiger partial charge in [0.25, 0.3) is 0 Å². The molecule has 144 valence electrons. The topological polar surface area (TPSA) is 76.7 Å². The molecule has 0 aromatic heterocycles. The third-order valence-corrected chi connectivity index (χ3v) is 3.93. The Morgan fingerprint density at radius 2 is 1.70 bits per heavy atom. The molecule has 27 heavy (non-hydrogen) atoms. The molecule has 0 bridgehead atoms. The molecule has 2 aromatic rings. The van der Waals surface area contributed by atoms with Crippen LogP contribution in [0.2, 0.25) is 0 Å². The number of ether oxygens (including phenoxy) is 2. The van der Waals surface area contributed by atoms with Crippen LogP contribution < -0.4 is 15.4 Å². The molecule has 0 aliphatic heterocycles. The largest absolute Gasteiger partial charge is 0.493 e. The quantitative estimate of drug-likeness (QED) is 0.542. The van der Waals surface area contributed by atoms with Crippen LogP contribution in [0.15, 0.2) is 42.5 Å². The van der Waals surface area contributed by atoms with Crippen molar-refractivity contribution in [2.24, 2.45) is 0 Å². The van der Waals surface area contributed by atoms with Crippen LogP contribution in [0.5, 0.6) is 5.75 Å². The minimum absolute atomic E-state index is 0.278. The Kier molecular flexibility index (Phi) is 7.67. The number of nitrogens with one attached hydrogen (secondary N) is 2. The third-order valence-electron chi connectivity index (χ3n) is 3.93. The minimum atomic E-state index is -0.463. The smallest absolute Gasteiger partial charge is 0.340 e. The predicted molar refractivity (Wildman–Crippen MR) is 105 cm³/mol. The van der Waals surface area contributed by atoms with Crippen molar-refractivity contribution in [3.63, 3.8) is 0 Å². The van der Waals surface area contributed by atoms with E-state index in [0.717, 1.165) is 16.9 Å². The minimum Gasteiger partial charge on any atom is -0.493 e. The number of anilines is 1. The zero-order chi connectivity index (χ0) is 19.6. The molecule has 0 atom stereocenters. The lowest BCUT2D eigenvalue weighted by Crippen LogP contribution is -2.31. The maximum atomic E-state index is 12.1. The van der Waals surface area contributed by atoms with Gasteiger partial charge in [0.2, 0.25) is 0 Å². The fourth-order valence-electron chi connectivity index (χ4n) is 2.62. The number of urea groups is 1. The normalized spacial score (nSPS) is 10.2. The summed E-state index contributed by atoms with van der Waals surface area (Å²) < 4.78 is 10.8. The monoisotopic (exact) mass is 370 g/mol. The van der Waals surface area contributed by atoms with Gasteiger partial charge in [-0.05, 0) is 50.5 Å². The van der Waals surface area contributed by atoms with Crippen molar-refractivity contribution in [2.45, 2.75) is 27.2 Å². The molecule has 0 heterocycles. The van der Waals surface area contributed by atoms with Gasteiger partial charge in [-0.1, -0.05) is 30.3 Å². The van der Waals surface area contributed by atoms with Crippen LogP contribution >= 0.6 is 0 Å². The van der Waals surface area contributed by atoms with Gasteiger partial charge in [-0.2, -0.15) is 0 Å². The number of hydrogen-bond acceptors (Lipinski definition) is 4. The van der Waals surface area contributed by atoms with E-state index in [1.54, 1.807) is 31.2 Å². The molecular formula is C21H26N2O4. The second-order valence-corrected chi connectivity index (χ2v) is 6.07. The number of para-hydroxylation sites is 2. The second kappa shape index (κ2) is 10.2. The molecule has 2 amide bonds. The van der Waals surface area contributed by atoms with Crippen molar-refractivity contribution < 1.29 is 19.1 Å². The molecular weight excluding hydrogens is 344 g/mol. The number of esters is 1. The average Bonchev–Trinajstić information content (AvgIpc) is 2.64. The van der Waals surface area contributed by atoms with E-state index in [4.69, 9.17) is 9.47 Å². The highest BCUT2D eigenvalue weighted by atomic mass is 16.5. The van der Waals surface area contributed by atoms with Gasteiger partial charge in [0, 0.05) is 6.54 Å². The maximum Gasteiger partial charge on any atom is 0.340 e. The van der Waals surface area contributed by atoms with Crippen LogP contribution in [0.3, 0.4) is 0 Å². The van der Waals surface area contributed by atoms with Crippen molar-refractivity contribution in [1.82, 2.24) is 5.32 Å². The Balaban J connectivity index is 1.78. The van der Waals surface area contributed by atoms with Gasteiger partial charge in [0.15, 0.2) is 0 Å². The lowest BCUT2D eigenvalue weighted by molar-refractivity contribution is 0.0527. The Bertz CT molecular complexity index is 769. The first-order valence-corrected chi connectivity index (χ1v) is 9.03. The second-order valence-electron chi connectivity index (χ2n) is 6.07. The van der Waals surface area contributed by atoms with Gasteiger partial charge in [-0.15, -0.1) is 0 Å². The van der Waals surface area contributed by atoms with Gasteiger partial charge in [0.1, 0.15) is 5.75 Å². The Morgan fingerprint density at radius 3 is 2.41 bits per heavy atom. The first-order valence-electron chi connectivity index (χ1n) is 9.03. The molecule has 2 N–H and O–H groups in total. The van der Waals surface area contributed by atoms with Crippen molar-refractivity contribution in [2.75, 3.05) is 25.1 Å². The van der Waals surface area contributed by atoms with E-state index in [-0.39, 0.29) is 12.6 Å². The first kappa shape index (κ1) is 20.3. The molecule has 2 rings (SSSR count). The van der Waals surface area contributed by atoms with E-state index in [2.05, 4.69) is 10.6 Å². The van der Waals surface area contributed by atoms with E-state index in [1.807, 2.05) is 32.0 Å². The number of rotatable bonds is 8. The number of benzene rings is 2. The molecule has 0 spiro atoms. The number of hydrogen-bond donors (Lipinski definition) is 2. The summed E-state index contributed by atoms with van der Waals surface area (Å²) in [7, 11) is 0. The highest BCUT2D eigenvalue weighted by Gasteiger charge is 2.13. The van der Waals surface area contributed by atoms with Gasteiger partial charge in [-0.3, -0.25) is 0 Å². The number of carbonyl (C=O) groups is 2. The van der Waals surface area contributed by atoms with Crippen LogP contribution in [0.25, 0.3) is 0 Å². The van der Waals surface area contributed by atoms with Gasteiger partial charge < -0.3 is 20.1 Å². The average molecular weight is 370 g/mol. The summed E-state index contributed by atoms with van der Waals surface area (Å²) in [6.45, 7) is 6.99. The number of amides is 2. The zero-order valence-corrected chi connectivity index (χ0v) is 16.0. The van der Waals surface area contributed by atoms with E-state index in [9.17, 15) is 9.59 Å². The molecule has 0 aliphatic carbocycles. The van der Waals surface area contributed by atoms with E-state index >= 15 is 0 Å². The number of aryl methyl sites for hydroxylation is 2. The van der Waals surface area contributed by atoms with E-state index in [0.29, 0.717) is 30.8 Å². The molecule has 2 aromatic carbocycles. The molecule has 6 nitrogen and oxygen atoms in total. The Hall–Kier alpha value is -3.02. The zero-order valence-electron chi connectivity index (χ0n) is 16.0. The SMILES string of the molecule is CCOC(=O)c1ccccc1NC(=O)NCCCOc1c(C)cccc1C. The van der Waals surface area contributed by atoms with Crippen molar-refractivity contribution >= 4 is 17.7 Å². The summed E-state index contributed by atoms with van der Waals surface area (Å²) in [5.74, 6) is 0.431. The summed E-state index contributed by atoms with van der Waals surface area (Å²) in [6.07, 6.45) is 0.667.